The normalized spacial score (nSPS) is 10.3. The molecule has 0 spiro atoms. The molecule has 5 nitrogen and oxygen atoms in total. The number of nitrogens with zero attached hydrogens (tertiary/aromatic N) is 4. The standard InChI is InChI=1S/C13H17N5/c1-3-18(4-2)13-16-11(9-12(14)17-13)10-5-7-15-8-6-10/h5-9H,3-4H2,1-2H3,(H2,14,16,17). The van der Waals surface area contributed by atoms with Crippen molar-refractivity contribution in [3.8, 4) is 11.3 Å². The number of nitrogen functional groups attached to an aromatic ring is 1. The summed E-state index contributed by atoms with van der Waals surface area (Å²) in [6, 6.07) is 5.60. The molecular weight excluding hydrogens is 226 g/mol. The highest BCUT2D eigenvalue weighted by Gasteiger charge is 2.09. The zero-order chi connectivity index (χ0) is 13.0. The molecule has 0 atom stereocenters. The van der Waals surface area contributed by atoms with Crippen LogP contribution in [-0.4, -0.2) is 28.0 Å². The van der Waals surface area contributed by atoms with Crippen molar-refractivity contribution in [3.05, 3.63) is 30.6 Å². The average molecular weight is 243 g/mol. The fraction of sp³-hybridized carbons (Fsp3) is 0.308. The Morgan fingerprint density at radius 3 is 2.39 bits per heavy atom. The predicted octanol–water partition coefficient (Wildman–Crippen LogP) is 1.97. The molecule has 5 heteroatoms. The second-order valence-electron chi connectivity index (χ2n) is 3.89. The highest BCUT2D eigenvalue weighted by atomic mass is 15.2. The molecule has 18 heavy (non-hydrogen) atoms. The van der Waals surface area contributed by atoms with E-state index in [1.165, 1.54) is 0 Å². The van der Waals surface area contributed by atoms with E-state index in [1.54, 1.807) is 18.5 Å². The minimum Gasteiger partial charge on any atom is -0.384 e. The third kappa shape index (κ3) is 2.56. The lowest BCUT2D eigenvalue weighted by atomic mass is 10.2. The van der Waals surface area contributed by atoms with Gasteiger partial charge in [-0.3, -0.25) is 4.98 Å². The van der Waals surface area contributed by atoms with Crippen molar-refractivity contribution < 1.29 is 0 Å². The van der Waals surface area contributed by atoms with Crippen LogP contribution in [0.2, 0.25) is 0 Å². The molecule has 2 N–H and O–H groups in total. The number of nitrogens with two attached hydrogens (primary N) is 1. The first-order valence-corrected chi connectivity index (χ1v) is 6.04. The first-order chi connectivity index (χ1) is 8.74. The topological polar surface area (TPSA) is 67.9 Å². The van der Waals surface area contributed by atoms with Crippen molar-refractivity contribution in [2.24, 2.45) is 0 Å². The van der Waals surface area contributed by atoms with Crippen molar-refractivity contribution in [2.45, 2.75) is 13.8 Å². The van der Waals surface area contributed by atoms with Gasteiger partial charge < -0.3 is 10.6 Å². The lowest BCUT2D eigenvalue weighted by Crippen LogP contribution is -2.24. The van der Waals surface area contributed by atoms with Gasteiger partial charge in [-0.1, -0.05) is 0 Å². The van der Waals surface area contributed by atoms with Crippen LogP contribution >= 0.6 is 0 Å². The number of hydrogen-bond donors (Lipinski definition) is 1. The smallest absolute Gasteiger partial charge is 0.227 e. The molecule has 0 aliphatic heterocycles. The van der Waals surface area contributed by atoms with Gasteiger partial charge in [0.2, 0.25) is 5.95 Å². The Balaban J connectivity index is 2.44. The van der Waals surface area contributed by atoms with Crippen LogP contribution < -0.4 is 10.6 Å². The van der Waals surface area contributed by atoms with Crippen molar-refractivity contribution in [2.75, 3.05) is 23.7 Å². The van der Waals surface area contributed by atoms with Crippen molar-refractivity contribution in [1.29, 1.82) is 0 Å². The zero-order valence-electron chi connectivity index (χ0n) is 10.7. The number of hydrogen-bond acceptors (Lipinski definition) is 5. The first-order valence-electron chi connectivity index (χ1n) is 6.04. The highest BCUT2D eigenvalue weighted by Crippen LogP contribution is 2.20. The molecule has 0 fully saturated rings. The van der Waals surface area contributed by atoms with Gasteiger partial charge in [-0.15, -0.1) is 0 Å². The van der Waals surface area contributed by atoms with E-state index in [1.807, 2.05) is 12.1 Å². The SMILES string of the molecule is CCN(CC)c1nc(N)cc(-c2ccncc2)n1. The molecule has 0 radical (unpaired) electrons. The molecule has 94 valence electrons. The summed E-state index contributed by atoms with van der Waals surface area (Å²) in [5, 5.41) is 0. The Bertz CT molecular complexity index is 508. The maximum atomic E-state index is 5.85. The van der Waals surface area contributed by atoms with Crippen LogP contribution in [0, 0.1) is 0 Å². The lowest BCUT2D eigenvalue weighted by Gasteiger charge is -2.19. The minimum atomic E-state index is 0.485. The molecule has 2 aromatic rings. The van der Waals surface area contributed by atoms with Gasteiger partial charge in [0.1, 0.15) is 5.82 Å². The van der Waals surface area contributed by atoms with E-state index >= 15 is 0 Å². The Labute approximate surface area is 107 Å². The molecule has 2 heterocycles. The van der Waals surface area contributed by atoms with Crippen LogP contribution in [0.1, 0.15) is 13.8 Å². The van der Waals surface area contributed by atoms with E-state index in [0.29, 0.717) is 11.8 Å². The lowest BCUT2D eigenvalue weighted by molar-refractivity contribution is 0.824. The van der Waals surface area contributed by atoms with Crippen LogP contribution in [0.5, 0.6) is 0 Å². The monoisotopic (exact) mass is 243 g/mol. The van der Waals surface area contributed by atoms with Gasteiger partial charge in [0.05, 0.1) is 5.69 Å². The third-order valence-electron chi connectivity index (χ3n) is 2.76. The van der Waals surface area contributed by atoms with Gasteiger partial charge >= 0.3 is 0 Å². The summed E-state index contributed by atoms with van der Waals surface area (Å²) in [5.41, 5.74) is 7.67. The van der Waals surface area contributed by atoms with Gasteiger partial charge in [-0.25, -0.2) is 4.98 Å². The molecule has 0 saturated heterocycles. The van der Waals surface area contributed by atoms with Crippen molar-refractivity contribution in [1.82, 2.24) is 15.0 Å². The summed E-state index contributed by atoms with van der Waals surface area (Å²) in [5.74, 6) is 1.16. The van der Waals surface area contributed by atoms with Crippen LogP contribution in [0.4, 0.5) is 11.8 Å². The Kier molecular flexibility index (Phi) is 3.72. The van der Waals surface area contributed by atoms with E-state index in [0.717, 1.165) is 24.3 Å². The van der Waals surface area contributed by atoms with E-state index < -0.39 is 0 Å². The number of rotatable bonds is 4. The molecule has 0 aliphatic carbocycles. The van der Waals surface area contributed by atoms with Crippen LogP contribution in [0.3, 0.4) is 0 Å². The first kappa shape index (κ1) is 12.3. The van der Waals surface area contributed by atoms with Crippen LogP contribution in [0.15, 0.2) is 30.6 Å². The number of aromatic nitrogens is 3. The molecule has 2 aromatic heterocycles. The van der Waals surface area contributed by atoms with Crippen LogP contribution in [-0.2, 0) is 0 Å². The molecule has 0 saturated carbocycles. The molecular formula is C13H17N5. The molecule has 0 amide bonds. The maximum Gasteiger partial charge on any atom is 0.227 e. The summed E-state index contributed by atoms with van der Waals surface area (Å²) < 4.78 is 0. The van der Waals surface area contributed by atoms with Gasteiger partial charge in [0, 0.05) is 37.1 Å². The second-order valence-corrected chi connectivity index (χ2v) is 3.89. The van der Waals surface area contributed by atoms with Crippen molar-refractivity contribution in [3.63, 3.8) is 0 Å². The maximum absolute atomic E-state index is 5.85. The summed E-state index contributed by atoms with van der Waals surface area (Å²) >= 11 is 0. The van der Waals surface area contributed by atoms with Gasteiger partial charge in [-0.05, 0) is 26.0 Å². The van der Waals surface area contributed by atoms with Crippen LogP contribution in [0.25, 0.3) is 11.3 Å². The number of pyridine rings is 1. The Morgan fingerprint density at radius 2 is 1.78 bits per heavy atom. The van der Waals surface area contributed by atoms with Crippen molar-refractivity contribution >= 4 is 11.8 Å². The van der Waals surface area contributed by atoms with E-state index in [2.05, 4.69) is 33.7 Å². The van der Waals surface area contributed by atoms with E-state index in [-0.39, 0.29) is 0 Å². The average Bonchev–Trinajstić information content (AvgIpc) is 2.40. The molecule has 0 aliphatic rings. The minimum absolute atomic E-state index is 0.485. The predicted molar refractivity (Wildman–Crippen MR) is 73.2 cm³/mol. The molecule has 2 rings (SSSR count). The fourth-order valence-electron chi connectivity index (χ4n) is 1.77. The highest BCUT2D eigenvalue weighted by molar-refractivity contribution is 5.63. The summed E-state index contributed by atoms with van der Waals surface area (Å²) in [7, 11) is 0. The Hall–Kier alpha value is -2.17. The van der Waals surface area contributed by atoms with Gasteiger partial charge in [0.25, 0.3) is 0 Å². The van der Waals surface area contributed by atoms with Gasteiger partial charge in [0.15, 0.2) is 0 Å². The third-order valence-corrected chi connectivity index (χ3v) is 2.76. The Morgan fingerprint density at radius 1 is 1.11 bits per heavy atom. The molecule has 0 aromatic carbocycles. The largest absolute Gasteiger partial charge is 0.384 e. The number of anilines is 2. The fourth-order valence-corrected chi connectivity index (χ4v) is 1.77. The van der Waals surface area contributed by atoms with E-state index in [9.17, 15) is 0 Å². The summed E-state index contributed by atoms with van der Waals surface area (Å²) in [4.78, 5) is 14.9. The summed E-state index contributed by atoms with van der Waals surface area (Å²) in [6.07, 6.45) is 3.48. The molecule has 0 unspecified atom stereocenters. The van der Waals surface area contributed by atoms with E-state index in [4.69, 9.17) is 5.73 Å². The molecule has 0 bridgehead atoms. The quantitative estimate of drug-likeness (QED) is 0.889. The summed E-state index contributed by atoms with van der Waals surface area (Å²) in [6.45, 7) is 5.86. The van der Waals surface area contributed by atoms with Gasteiger partial charge in [-0.2, -0.15) is 4.98 Å². The second kappa shape index (κ2) is 5.44. The zero-order valence-corrected chi connectivity index (χ0v) is 10.7.